The Morgan fingerprint density at radius 2 is 2.43 bits per heavy atom. The molecule has 0 saturated carbocycles. The first-order chi connectivity index (χ1) is 10.1. The number of hydrogen-bond donors (Lipinski definition) is 2. The molecule has 1 amide bonds. The summed E-state index contributed by atoms with van der Waals surface area (Å²) >= 11 is 1.47. The standard InChI is InChI=1S/C16H22N2O2S/c1-12-10-18(2)7-6-15(12)17-16(20)13-9-14(21-11-13)5-3-4-8-19/h9,11-12,15,19H,4,6-8,10H2,1-2H3,(H,17,20). The fourth-order valence-electron chi connectivity index (χ4n) is 2.55. The van der Waals surface area contributed by atoms with Crippen LogP contribution in [0.5, 0.6) is 0 Å². The summed E-state index contributed by atoms with van der Waals surface area (Å²) in [5.74, 6) is 6.29. The van der Waals surface area contributed by atoms with E-state index in [0.29, 0.717) is 17.9 Å². The summed E-state index contributed by atoms with van der Waals surface area (Å²) in [5.41, 5.74) is 0.680. The molecular formula is C16H22N2O2S. The molecule has 0 bridgehead atoms. The topological polar surface area (TPSA) is 52.6 Å². The molecule has 0 aromatic carbocycles. The second kappa shape index (κ2) is 7.60. The number of piperidine rings is 1. The molecule has 1 aromatic rings. The van der Waals surface area contributed by atoms with Crippen LogP contribution in [0, 0.1) is 17.8 Å². The molecule has 5 heteroatoms. The minimum absolute atomic E-state index is 0.0112. The SMILES string of the molecule is CC1CN(C)CCC1NC(=O)c1csc(C#CCCO)c1. The second-order valence-corrected chi connectivity index (χ2v) is 6.49. The third-order valence-electron chi connectivity index (χ3n) is 3.73. The van der Waals surface area contributed by atoms with Gasteiger partial charge in [-0.3, -0.25) is 4.79 Å². The maximum atomic E-state index is 12.3. The third kappa shape index (κ3) is 4.57. The number of likely N-dealkylation sites (tertiary alicyclic amines) is 1. The van der Waals surface area contributed by atoms with Crippen LogP contribution in [0.15, 0.2) is 11.4 Å². The largest absolute Gasteiger partial charge is 0.395 e. The first kappa shape index (κ1) is 16.0. The molecule has 1 aliphatic rings. The Bertz CT molecular complexity index is 544. The first-order valence-electron chi connectivity index (χ1n) is 7.28. The van der Waals surface area contributed by atoms with Crippen molar-refractivity contribution in [1.82, 2.24) is 10.2 Å². The Labute approximate surface area is 130 Å². The lowest BCUT2D eigenvalue weighted by Crippen LogP contribution is -2.48. The van der Waals surface area contributed by atoms with Gasteiger partial charge >= 0.3 is 0 Å². The van der Waals surface area contributed by atoms with Gasteiger partial charge < -0.3 is 15.3 Å². The molecule has 1 saturated heterocycles. The van der Waals surface area contributed by atoms with E-state index in [9.17, 15) is 4.79 Å². The number of carbonyl (C=O) groups excluding carboxylic acids is 1. The Morgan fingerprint density at radius 1 is 1.62 bits per heavy atom. The van der Waals surface area contributed by atoms with Crippen molar-refractivity contribution in [2.75, 3.05) is 26.7 Å². The minimum atomic E-state index is -0.0112. The average molecular weight is 306 g/mol. The van der Waals surface area contributed by atoms with Crippen LogP contribution in [-0.2, 0) is 0 Å². The highest BCUT2D eigenvalue weighted by Crippen LogP contribution is 2.18. The smallest absolute Gasteiger partial charge is 0.252 e. The minimum Gasteiger partial charge on any atom is -0.395 e. The summed E-state index contributed by atoms with van der Waals surface area (Å²) in [7, 11) is 2.12. The van der Waals surface area contributed by atoms with E-state index in [1.807, 2.05) is 11.4 Å². The van der Waals surface area contributed by atoms with E-state index in [2.05, 4.69) is 36.0 Å². The van der Waals surface area contributed by atoms with Gasteiger partial charge in [-0.15, -0.1) is 11.3 Å². The quantitative estimate of drug-likeness (QED) is 0.833. The van der Waals surface area contributed by atoms with Gasteiger partial charge in [-0.05, 0) is 32.0 Å². The second-order valence-electron chi connectivity index (χ2n) is 5.58. The molecule has 2 unspecified atom stereocenters. The van der Waals surface area contributed by atoms with E-state index in [1.54, 1.807) is 0 Å². The van der Waals surface area contributed by atoms with E-state index in [1.165, 1.54) is 11.3 Å². The van der Waals surface area contributed by atoms with Crippen LogP contribution >= 0.6 is 11.3 Å². The van der Waals surface area contributed by atoms with Gasteiger partial charge in [-0.1, -0.05) is 18.8 Å². The molecule has 4 nitrogen and oxygen atoms in total. The summed E-state index contributed by atoms with van der Waals surface area (Å²) in [6.45, 7) is 4.29. The molecule has 2 atom stereocenters. The Kier molecular flexibility index (Phi) is 5.80. The van der Waals surface area contributed by atoms with Crippen LogP contribution in [0.4, 0.5) is 0 Å². The molecule has 1 aliphatic heterocycles. The number of aliphatic hydroxyl groups excluding tert-OH is 1. The summed E-state index contributed by atoms with van der Waals surface area (Å²) in [5, 5.41) is 13.7. The molecule has 2 heterocycles. The molecular weight excluding hydrogens is 284 g/mol. The van der Waals surface area contributed by atoms with Crippen molar-refractivity contribution < 1.29 is 9.90 Å². The molecule has 1 aromatic heterocycles. The zero-order valence-electron chi connectivity index (χ0n) is 12.6. The van der Waals surface area contributed by atoms with E-state index in [-0.39, 0.29) is 18.6 Å². The zero-order chi connectivity index (χ0) is 15.2. The van der Waals surface area contributed by atoms with Crippen LogP contribution in [0.2, 0.25) is 0 Å². The lowest BCUT2D eigenvalue weighted by Gasteiger charge is -2.35. The van der Waals surface area contributed by atoms with Crippen molar-refractivity contribution in [3.63, 3.8) is 0 Å². The van der Waals surface area contributed by atoms with E-state index < -0.39 is 0 Å². The van der Waals surface area contributed by atoms with Gasteiger partial charge in [0.25, 0.3) is 5.91 Å². The van der Waals surface area contributed by atoms with Gasteiger partial charge in [-0.2, -0.15) is 0 Å². The summed E-state index contributed by atoms with van der Waals surface area (Å²) in [6.07, 6.45) is 1.46. The average Bonchev–Trinajstić information content (AvgIpc) is 2.91. The van der Waals surface area contributed by atoms with Crippen molar-refractivity contribution >= 4 is 17.2 Å². The fourth-order valence-corrected chi connectivity index (χ4v) is 3.30. The predicted octanol–water partition coefficient (Wildman–Crippen LogP) is 1.55. The molecule has 0 radical (unpaired) electrons. The molecule has 2 rings (SSSR count). The summed E-state index contributed by atoms with van der Waals surface area (Å²) in [6, 6.07) is 2.07. The van der Waals surface area contributed by atoms with Crippen LogP contribution in [-0.4, -0.2) is 48.7 Å². The van der Waals surface area contributed by atoms with Crippen LogP contribution < -0.4 is 5.32 Å². The van der Waals surface area contributed by atoms with Crippen molar-refractivity contribution in [2.45, 2.75) is 25.8 Å². The normalized spacial score (nSPS) is 22.4. The Hall–Kier alpha value is -1.35. The molecule has 114 valence electrons. The third-order valence-corrected chi connectivity index (χ3v) is 4.58. The van der Waals surface area contributed by atoms with E-state index in [0.717, 1.165) is 24.4 Å². The van der Waals surface area contributed by atoms with Gasteiger partial charge in [0.2, 0.25) is 0 Å². The maximum Gasteiger partial charge on any atom is 0.252 e. The zero-order valence-corrected chi connectivity index (χ0v) is 13.4. The number of rotatable bonds is 3. The lowest BCUT2D eigenvalue weighted by atomic mass is 9.94. The monoisotopic (exact) mass is 306 g/mol. The summed E-state index contributed by atoms with van der Waals surface area (Å²) in [4.78, 5) is 15.4. The van der Waals surface area contributed by atoms with Crippen LogP contribution in [0.1, 0.15) is 35.0 Å². The highest BCUT2D eigenvalue weighted by atomic mass is 32.1. The number of thiophene rings is 1. The van der Waals surface area contributed by atoms with Crippen LogP contribution in [0.3, 0.4) is 0 Å². The first-order valence-corrected chi connectivity index (χ1v) is 8.15. The predicted molar refractivity (Wildman–Crippen MR) is 85.4 cm³/mol. The number of nitrogens with zero attached hydrogens (tertiary/aromatic N) is 1. The molecule has 1 fully saturated rings. The van der Waals surface area contributed by atoms with Gasteiger partial charge in [0, 0.05) is 24.4 Å². The van der Waals surface area contributed by atoms with Crippen molar-refractivity contribution in [3.05, 3.63) is 21.9 Å². The molecule has 2 N–H and O–H groups in total. The van der Waals surface area contributed by atoms with Gasteiger partial charge in [0.15, 0.2) is 0 Å². The Balaban J connectivity index is 1.93. The van der Waals surface area contributed by atoms with Gasteiger partial charge in [0.1, 0.15) is 0 Å². The number of hydrogen-bond acceptors (Lipinski definition) is 4. The van der Waals surface area contributed by atoms with E-state index >= 15 is 0 Å². The number of aliphatic hydroxyl groups is 1. The molecule has 21 heavy (non-hydrogen) atoms. The highest BCUT2D eigenvalue weighted by molar-refractivity contribution is 7.10. The molecule has 0 aliphatic carbocycles. The number of carbonyl (C=O) groups is 1. The van der Waals surface area contributed by atoms with Crippen molar-refractivity contribution in [3.8, 4) is 11.8 Å². The van der Waals surface area contributed by atoms with Gasteiger partial charge in [0.05, 0.1) is 17.0 Å². The van der Waals surface area contributed by atoms with Crippen LogP contribution in [0.25, 0.3) is 0 Å². The molecule has 0 spiro atoms. The van der Waals surface area contributed by atoms with Crippen molar-refractivity contribution in [1.29, 1.82) is 0 Å². The van der Waals surface area contributed by atoms with Crippen molar-refractivity contribution in [2.24, 2.45) is 5.92 Å². The lowest BCUT2D eigenvalue weighted by molar-refractivity contribution is 0.0884. The Morgan fingerprint density at radius 3 is 3.14 bits per heavy atom. The van der Waals surface area contributed by atoms with Gasteiger partial charge in [-0.25, -0.2) is 0 Å². The number of amides is 1. The summed E-state index contributed by atoms with van der Waals surface area (Å²) < 4.78 is 0. The highest BCUT2D eigenvalue weighted by Gasteiger charge is 2.25. The van der Waals surface area contributed by atoms with E-state index in [4.69, 9.17) is 5.11 Å². The number of nitrogens with one attached hydrogen (secondary N) is 1. The maximum absolute atomic E-state index is 12.3. The fraction of sp³-hybridized carbons (Fsp3) is 0.562.